The molecule has 1 aliphatic heterocycles. The second-order valence-electron chi connectivity index (χ2n) is 6.07. The Hall–Kier alpha value is -1.84. The maximum Gasteiger partial charge on any atom is 0.248 e. The number of aromatic amines is 1. The summed E-state index contributed by atoms with van der Waals surface area (Å²) >= 11 is 0. The molecular weight excluding hydrogens is 264 g/mol. The molecule has 1 fully saturated rings. The van der Waals surface area contributed by atoms with Crippen LogP contribution in [0.1, 0.15) is 50.0 Å². The van der Waals surface area contributed by atoms with E-state index in [2.05, 4.69) is 11.1 Å². The van der Waals surface area contributed by atoms with Crippen molar-refractivity contribution in [1.29, 1.82) is 0 Å². The van der Waals surface area contributed by atoms with Gasteiger partial charge in [0.05, 0.1) is 0 Å². The van der Waals surface area contributed by atoms with Gasteiger partial charge in [0.1, 0.15) is 0 Å². The number of amides is 1. The lowest BCUT2D eigenvalue weighted by Gasteiger charge is -2.32. The Bertz CT molecular complexity index is 595. The molecule has 4 nitrogen and oxygen atoms in total. The van der Waals surface area contributed by atoms with E-state index in [0.717, 1.165) is 44.3 Å². The molecule has 1 N–H and O–H groups in total. The molecule has 0 atom stereocenters. The number of carbonyl (C=O) groups is 1. The van der Waals surface area contributed by atoms with E-state index in [0.29, 0.717) is 12.3 Å². The highest BCUT2D eigenvalue weighted by Crippen LogP contribution is 2.28. The van der Waals surface area contributed by atoms with Crippen LogP contribution in [0.2, 0.25) is 0 Å². The van der Waals surface area contributed by atoms with Gasteiger partial charge in [-0.05, 0) is 49.7 Å². The maximum absolute atomic E-state index is 12.3. The number of piperidine rings is 1. The summed E-state index contributed by atoms with van der Waals surface area (Å²) in [5, 5.41) is 0. The highest BCUT2D eigenvalue weighted by atomic mass is 16.2. The molecular formula is C17H22N2O2. The summed E-state index contributed by atoms with van der Waals surface area (Å²) in [6, 6.07) is 3.67. The molecule has 1 aliphatic carbocycles. The molecule has 4 heteroatoms. The van der Waals surface area contributed by atoms with Gasteiger partial charge >= 0.3 is 0 Å². The third kappa shape index (κ3) is 3.43. The van der Waals surface area contributed by atoms with Crippen molar-refractivity contribution in [2.75, 3.05) is 13.1 Å². The number of likely N-dealkylation sites (tertiary alicyclic amines) is 1. The van der Waals surface area contributed by atoms with E-state index in [1.165, 1.54) is 12.0 Å². The summed E-state index contributed by atoms with van der Waals surface area (Å²) in [4.78, 5) is 28.3. The first kappa shape index (κ1) is 14.1. The van der Waals surface area contributed by atoms with E-state index in [-0.39, 0.29) is 11.5 Å². The van der Waals surface area contributed by atoms with Gasteiger partial charge < -0.3 is 9.88 Å². The molecule has 0 radical (unpaired) electrons. The minimum atomic E-state index is -0.0424. The molecule has 0 saturated carbocycles. The quantitative estimate of drug-likeness (QED) is 0.868. The van der Waals surface area contributed by atoms with Gasteiger partial charge in [-0.25, -0.2) is 0 Å². The molecule has 1 aromatic rings. The fourth-order valence-electron chi connectivity index (χ4n) is 3.38. The van der Waals surface area contributed by atoms with Crippen molar-refractivity contribution < 1.29 is 4.79 Å². The topological polar surface area (TPSA) is 53.2 Å². The van der Waals surface area contributed by atoms with E-state index < -0.39 is 0 Å². The SMILES string of the molecule is O=C(CC1=CCCC1)N1CCC(c2cc[nH]c(=O)c2)CC1. The van der Waals surface area contributed by atoms with Crippen LogP contribution in [-0.2, 0) is 4.79 Å². The Kier molecular flexibility index (Phi) is 4.23. The van der Waals surface area contributed by atoms with Crippen molar-refractivity contribution in [3.8, 4) is 0 Å². The highest BCUT2D eigenvalue weighted by Gasteiger charge is 2.24. The van der Waals surface area contributed by atoms with Crippen molar-refractivity contribution in [3.63, 3.8) is 0 Å². The standard InChI is InChI=1S/C17H22N2O2/c20-16-12-15(5-8-18-16)14-6-9-19(10-7-14)17(21)11-13-3-1-2-4-13/h3,5,8,12,14H,1-2,4,6-7,9-11H2,(H,18,20). The summed E-state index contributed by atoms with van der Waals surface area (Å²) in [6.45, 7) is 1.62. The number of hydrogen-bond acceptors (Lipinski definition) is 2. The van der Waals surface area contributed by atoms with E-state index >= 15 is 0 Å². The van der Waals surface area contributed by atoms with E-state index in [4.69, 9.17) is 0 Å². The number of nitrogens with one attached hydrogen (secondary N) is 1. The van der Waals surface area contributed by atoms with E-state index in [1.807, 2.05) is 11.0 Å². The summed E-state index contributed by atoms with van der Waals surface area (Å²) in [5.41, 5.74) is 2.38. The summed E-state index contributed by atoms with van der Waals surface area (Å²) in [5.74, 6) is 0.676. The molecule has 0 unspecified atom stereocenters. The van der Waals surface area contributed by atoms with E-state index in [9.17, 15) is 9.59 Å². The Morgan fingerprint density at radius 3 is 2.81 bits per heavy atom. The number of pyridine rings is 1. The Morgan fingerprint density at radius 2 is 2.14 bits per heavy atom. The first-order valence-electron chi connectivity index (χ1n) is 7.87. The van der Waals surface area contributed by atoms with Crippen molar-refractivity contribution in [3.05, 3.63) is 45.9 Å². The molecule has 3 rings (SSSR count). The Labute approximate surface area is 124 Å². The van der Waals surface area contributed by atoms with Gasteiger partial charge in [0.2, 0.25) is 11.5 Å². The van der Waals surface area contributed by atoms with Gasteiger partial charge in [-0.1, -0.05) is 11.6 Å². The van der Waals surface area contributed by atoms with Crippen molar-refractivity contribution in [2.24, 2.45) is 0 Å². The van der Waals surface area contributed by atoms with Gasteiger partial charge in [-0.15, -0.1) is 0 Å². The molecule has 0 spiro atoms. The zero-order valence-electron chi connectivity index (χ0n) is 12.3. The van der Waals surface area contributed by atoms with Gasteiger partial charge in [0.25, 0.3) is 0 Å². The van der Waals surface area contributed by atoms with Crippen LogP contribution >= 0.6 is 0 Å². The lowest BCUT2D eigenvalue weighted by molar-refractivity contribution is -0.131. The summed E-state index contributed by atoms with van der Waals surface area (Å²) < 4.78 is 0. The normalized spacial score (nSPS) is 19.6. The molecule has 0 bridgehead atoms. The van der Waals surface area contributed by atoms with Crippen LogP contribution in [0.25, 0.3) is 0 Å². The first-order valence-corrected chi connectivity index (χ1v) is 7.87. The lowest BCUT2D eigenvalue weighted by atomic mass is 9.90. The summed E-state index contributed by atoms with van der Waals surface area (Å²) in [7, 11) is 0. The monoisotopic (exact) mass is 286 g/mol. The fourth-order valence-corrected chi connectivity index (χ4v) is 3.38. The molecule has 1 amide bonds. The third-order valence-electron chi connectivity index (χ3n) is 4.63. The Balaban J connectivity index is 1.55. The smallest absolute Gasteiger partial charge is 0.248 e. The minimum absolute atomic E-state index is 0.0424. The van der Waals surface area contributed by atoms with Gasteiger partial charge in [0, 0.05) is 31.8 Å². The maximum atomic E-state index is 12.3. The minimum Gasteiger partial charge on any atom is -0.342 e. The predicted octanol–water partition coefficient (Wildman–Crippen LogP) is 2.58. The average molecular weight is 286 g/mol. The number of nitrogens with zero attached hydrogens (tertiary/aromatic N) is 1. The molecule has 2 aliphatic rings. The zero-order chi connectivity index (χ0) is 14.7. The van der Waals surface area contributed by atoms with Crippen molar-refractivity contribution in [2.45, 2.75) is 44.4 Å². The number of allylic oxidation sites excluding steroid dienone is 1. The average Bonchev–Trinajstić information content (AvgIpc) is 3.00. The third-order valence-corrected chi connectivity index (χ3v) is 4.63. The molecule has 1 aromatic heterocycles. The van der Waals surface area contributed by atoms with Crippen LogP contribution in [0.5, 0.6) is 0 Å². The second kappa shape index (κ2) is 6.29. The van der Waals surface area contributed by atoms with Crippen LogP contribution in [0, 0.1) is 0 Å². The second-order valence-corrected chi connectivity index (χ2v) is 6.07. The number of rotatable bonds is 3. The van der Waals surface area contributed by atoms with Gasteiger partial charge in [-0.3, -0.25) is 9.59 Å². The molecule has 21 heavy (non-hydrogen) atoms. The van der Waals surface area contributed by atoms with Gasteiger partial charge in [-0.2, -0.15) is 0 Å². The van der Waals surface area contributed by atoms with E-state index in [1.54, 1.807) is 12.3 Å². The zero-order valence-corrected chi connectivity index (χ0v) is 12.3. The molecule has 0 aromatic carbocycles. The molecule has 2 heterocycles. The largest absolute Gasteiger partial charge is 0.342 e. The van der Waals surface area contributed by atoms with Crippen molar-refractivity contribution in [1.82, 2.24) is 9.88 Å². The highest BCUT2D eigenvalue weighted by molar-refractivity contribution is 5.79. The van der Waals surface area contributed by atoms with Crippen LogP contribution in [0.3, 0.4) is 0 Å². The van der Waals surface area contributed by atoms with Crippen LogP contribution in [-0.4, -0.2) is 28.9 Å². The van der Waals surface area contributed by atoms with Crippen LogP contribution in [0.4, 0.5) is 0 Å². The molecule has 1 saturated heterocycles. The number of aromatic nitrogens is 1. The fraction of sp³-hybridized carbons (Fsp3) is 0.529. The van der Waals surface area contributed by atoms with Gasteiger partial charge in [0.15, 0.2) is 0 Å². The predicted molar refractivity (Wildman–Crippen MR) is 82.2 cm³/mol. The van der Waals surface area contributed by atoms with Crippen LogP contribution in [0.15, 0.2) is 34.8 Å². The number of hydrogen-bond donors (Lipinski definition) is 1. The molecule has 112 valence electrons. The summed E-state index contributed by atoms with van der Waals surface area (Å²) in [6.07, 6.45) is 9.87. The number of carbonyl (C=O) groups excluding carboxylic acids is 1. The van der Waals surface area contributed by atoms with Crippen LogP contribution < -0.4 is 5.56 Å². The Morgan fingerprint density at radius 1 is 1.33 bits per heavy atom. The van der Waals surface area contributed by atoms with Crippen molar-refractivity contribution >= 4 is 5.91 Å². The number of H-pyrrole nitrogens is 1. The lowest BCUT2D eigenvalue weighted by Crippen LogP contribution is -2.38. The first-order chi connectivity index (χ1) is 10.2.